The maximum atomic E-state index is 12.9. The van der Waals surface area contributed by atoms with Gasteiger partial charge in [0.15, 0.2) is 17.3 Å². The molecule has 0 saturated carbocycles. The molecular weight excluding hydrogens is 423 g/mol. The lowest BCUT2D eigenvalue weighted by Crippen LogP contribution is -2.14. The number of ether oxygens (including phenoxy) is 1. The summed E-state index contributed by atoms with van der Waals surface area (Å²) in [6, 6.07) is 7.87. The molecule has 1 atom stereocenters. The van der Waals surface area contributed by atoms with Gasteiger partial charge in [0, 0.05) is 12.2 Å². The van der Waals surface area contributed by atoms with Crippen molar-refractivity contribution < 1.29 is 23.0 Å². The predicted octanol–water partition coefficient (Wildman–Crippen LogP) is 4.01. The third kappa shape index (κ3) is 5.39. The van der Waals surface area contributed by atoms with Crippen LogP contribution < -0.4 is 10.1 Å². The minimum absolute atomic E-state index is 0.0341. The van der Waals surface area contributed by atoms with Gasteiger partial charge in [-0.25, -0.2) is 9.67 Å². The molecule has 0 fully saturated rings. The van der Waals surface area contributed by atoms with Gasteiger partial charge in [-0.3, -0.25) is 0 Å². The minimum atomic E-state index is -4.49. The zero-order chi connectivity index (χ0) is 21.9. The molecule has 3 rings (SSSR count). The number of benzene rings is 1. The number of nitrogens with one attached hydrogen (secondary N) is 1. The number of alkyl halides is 3. The number of aromatic nitrogens is 4. The fourth-order valence-electron chi connectivity index (χ4n) is 2.61. The van der Waals surface area contributed by atoms with Gasteiger partial charge < -0.3 is 15.2 Å². The van der Waals surface area contributed by atoms with Gasteiger partial charge in [0.25, 0.3) is 0 Å². The number of aryl methyl sites for hydroxylation is 1. The summed E-state index contributed by atoms with van der Waals surface area (Å²) in [6.45, 7) is 3.57. The lowest BCUT2D eigenvalue weighted by molar-refractivity contribution is -0.141. The Morgan fingerprint density at radius 3 is 2.57 bits per heavy atom. The monoisotopic (exact) mass is 441 g/mol. The van der Waals surface area contributed by atoms with Gasteiger partial charge in [-0.15, -0.1) is 0 Å². The fourth-order valence-corrected chi connectivity index (χ4v) is 2.74. The number of aliphatic hydroxyl groups is 1. The van der Waals surface area contributed by atoms with E-state index in [1.165, 1.54) is 10.9 Å². The first-order valence-electron chi connectivity index (χ1n) is 8.94. The fraction of sp³-hybridized carbons (Fsp3) is 0.316. The molecule has 30 heavy (non-hydrogen) atoms. The average Bonchev–Trinajstić information content (AvgIpc) is 3.08. The maximum absolute atomic E-state index is 12.9. The summed E-state index contributed by atoms with van der Waals surface area (Å²) in [5, 5.41) is 16.1. The van der Waals surface area contributed by atoms with E-state index >= 15 is 0 Å². The second-order valence-corrected chi connectivity index (χ2v) is 6.95. The summed E-state index contributed by atoms with van der Waals surface area (Å²) in [5.74, 6) is 0.696. The van der Waals surface area contributed by atoms with Crippen molar-refractivity contribution in [2.45, 2.75) is 32.7 Å². The highest BCUT2D eigenvalue weighted by molar-refractivity contribution is 6.28. The van der Waals surface area contributed by atoms with Crippen LogP contribution >= 0.6 is 11.6 Å². The summed E-state index contributed by atoms with van der Waals surface area (Å²) in [5.41, 5.74) is 0.799. The molecule has 0 aliphatic heterocycles. The van der Waals surface area contributed by atoms with Crippen molar-refractivity contribution in [3.05, 3.63) is 58.8 Å². The lowest BCUT2D eigenvalue weighted by Gasteiger charge is -2.13. The number of hydrogen-bond donors (Lipinski definition) is 2. The molecule has 0 bridgehead atoms. The van der Waals surface area contributed by atoms with Crippen molar-refractivity contribution in [1.29, 1.82) is 0 Å². The van der Waals surface area contributed by atoms with Gasteiger partial charge >= 0.3 is 6.18 Å². The number of rotatable bonds is 7. The predicted molar refractivity (Wildman–Crippen MR) is 105 cm³/mol. The molecule has 0 amide bonds. The van der Waals surface area contributed by atoms with Crippen LogP contribution in [-0.4, -0.2) is 37.6 Å². The Morgan fingerprint density at radius 1 is 1.27 bits per heavy atom. The van der Waals surface area contributed by atoms with Crippen LogP contribution in [-0.2, 0) is 12.7 Å². The normalized spacial score (nSPS) is 12.6. The largest absolute Gasteiger partial charge is 0.485 e. The molecule has 1 aromatic carbocycles. The summed E-state index contributed by atoms with van der Waals surface area (Å²) in [6.07, 6.45) is -3.75. The van der Waals surface area contributed by atoms with Crippen LogP contribution in [0.15, 0.2) is 36.5 Å². The van der Waals surface area contributed by atoms with Crippen LogP contribution in [0.3, 0.4) is 0 Å². The van der Waals surface area contributed by atoms with E-state index in [2.05, 4.69) is 20.4 Å². The minimum Gasteiger partial charge on any atom is -0.485 e. The third-order valence-electron chi connectivity index (χ3n) is 4.02. The SMILES string of the molecule is Cc1cc(C(F)(F)F)nn1-c1ccc(CNc2nc(Cl)ncc2OCC(C)O)cc1. The van der Waals surface area contributed by atoms with Crippen LogP contribution in [0.2, 0.25) is 5.28 Å². The first-order valence-corrected chi connectivity index (χ1v) is 9.31. The van der Waals surface area contributed by atoms with Crippen molar-refractivity contribution in [1.82, 2.24) is 19.7 Å². The molecule has 0 saturated heterocycles. The molecule has 0 aliphatic carbocycles. The number of halogens is 4. The number of nitrogens with zero attached hydrogens (tertiary/aromatic N) is 4. The Morgan fingerprint density at radius 2 is 1.97 bits per heavy atom. The third-order valence-corrected chi connectivity index (χ3v) is 4.21. The number of hydrogen-bond acceptors (Lipinski definition) is 6. The van der Waals surface area contributed by atoms with Crippen molar-refractivity contribution in [3.63, 3.8) is 0 Å². The molecule has 11 heteroatoms. The molecule has 2 N–H and O–H groups in total. The van der Waals surface area contributed by atoms with E-state index in [4.69, 9.17) is 16.3 Å². The Hall–Kier alpha value is -2.85. The Balaban J connectivity index is 1.72. The Bertz CT molecular complexity index is 1010. The van der Waals surface area contributed by atoms with E-state index in [1.807, 2.05) is 0 Å². The highest BCUT2D eigenvalue weighted by Gasteiger charge is 2.34. The van der Waals surface area contributed by atoms with Gasteiger partial charge in [0.05, 0.1) is 18.0 Å². The van der Waals surface area contributed by atoms with Crippen molar-refractivity contribution in [2.75, 3.05) is 11.9 Å². The highest BCUT2D eigenvalue weighted by atomic mass is 35.5. The molecule has 7 nitrogen and oxygen atoms in total. The Kier molecular flexibility index (Phi) is 6.47. The van der Waals surface area contributed by atoms with E-state index < -0.39 is 18.0 Å². The van der Waals surface area contributed by atoms with Gasteiger partial charge in [-0.1, -0.05) is 12.1 Å². The first kappa shape index (κ1) is 21.8. The zero-order valence-electron chi connectivity index (χ0n) is 16.1. The molecule has 2 heterocycles. The average molecular weight is 442 g/mol. The second kappa shape index (κ2) is 8.88. The van der Waals surface area contributed by atoms with Gasteiger partial charge in [0.2, 0.25) is 5.28 Å². The molecule has 0 aliphatic rings. The lowest BCUT2D eigenvalue weighted by atomic mass is 10.2. The van der Waals surface area contributed by atoms with Crippen molar-refractivity contribution in [2.24, 2.45) is 0 Å². The van der Waals surface area contributed by atoms with Crippen LogP contribution in [0.4, 0.5) is 19.0 Å². The summed E-state index contributed by atoms with van der Waals surface area (Å²) >= 11 is 5.84. The van der Waals surface area contributed by atoms with Crippen LogP contribution in [0.1, 0.15) is 23.9 Å². The zero-order valence-corrected chi connectivity index (χ0v) is 16.9. The number of aliphatic hydroxyl groups excluding tert-OH is 1. The van der Waals surface area contributed by atoms with E-state index in [9.17, 15) is 18.3 Å². The Labute approximate surface area is 175 Å². The van der Waals surface area contributed by atoms with Crippen LogP contribution in [0.25, 0.3) is 5.69 Å². The molecule has 2 aromatic heterocycles. The molecule has 0 spiro atoms. The summed E-state index contributed by atoms with van der Waals surface area (Å²) in [7, 11) is 0. The first-order chi connectivity index (χ1) is 14.1. The number of anilines is 1. The molecule has 160 valence electrons. The van der Waals surface area contributed by atoms with Gasteiger partial charge in [-0.2, -0.15) is 23.3 Å². The second-order valence-electron chi connectivity index (χ2n) is 6.61. The van der Waals surface area contributed by atoms with E-state index in [0.717, 1.165) is 11.6 Å². The molecule has 3 aromatic rings. The molecule has 0 radical (unpaired) electrons. The quantitative estimate of drug-likeness (QED) is 0.539. The smallest absolute Gasteiger partial charge is 0.435 e. The topological polar surface area (TPSA) is 85.1 Å². The molecular formula is C19H19ClF3N5O2. The van der Waals surface area contributed by atoms with Crippen LogP contribution in [0.5, 0.6) is 5.75 Å². The van der Waals surface area contributed by atoms with Crippen LogP contribution in [0, 0.1) is 6.92 Å². The van der Waals surface area contributed by atoms with E-state index in [1.54, 1.807) is 38.1 Å². The van der Waals surface area contributed by atoms with Gasteiger partial charge in [0.1, 0.15) is 6.61 Å². The standard InChI is InChI=1S/C19H19ClF3N5O2/c1-11-7-16(19(21,22)23)27-28(11)14-5-3-13(4-6-14)8-24-17-15(30-10-12(2)29)9-25-18(20)26-17/h3-7,9,12,29H,8,10H2,1-2H3,(H,24,25,26). The van der Waals surface area contributed by atoms with Gasteiger partial charge in [-0.05, 0) is 49.2 Å². The van der Waals surface area contributed by atoms with Crippen molar-refractivity contribution >= 4 is 17.4 Å². The highest BCUT2D eigenvalue weighted by Crippen LogP contribution is 2.29. The maximum Gasteiger partial charge on any atom is 0.435 e. The summed E-state index contributed by atoms with van der Waals surface area (Å²) < 4.78 is 45.3. The van der Waals surface area contributed by atoms with E-state index in [0.29, 0.717) is 29.5 Å². The van der Waals surface area contributed by atoms with E-state index in [-0.39, 0.29) is 11.9 Å². The summed E-state index contributed by atoms with van der Waals surface area (Å²) in [4.78, 5) is 7.95. The molecule has 1 unspecified atom stereocenters. The van der Waals surface area contributed by atoms with Crippen molar-refractivity contribution in [3.8, 4) is 11.4 Å².